The highest BCUT2D eigenvalue weighted by molar-refractivity contribution is 4.88. The molecule has 0 heterocycles. The first-order valence-corrected chi connectivity index (χ1v) is 9.32. The molecule has 118 valence electrons. The minimum Gasteiger partial charge on any atom is -0.311 e. The summed E-state index contributed by atoms with van der Waals surface area (Å²) in [5.74, 6) is 3.64. The molecule has 2 rings (SSSR count). The Balaban J connectivity index is 1.84. The van der Waals surface area contributed by atoms with Crippen molar-refractivity contribution in [3.05, 3.63) is 0 Å². The van der Waals surface area contributed by atoms with E-state index in [-0.39, 0.29) is 0 Å². The van der Waals surface area contributed by atoms with Gasteiger partial charge in [-0.15, -0.1) is 0 Å². The normalized spacial score (nSPS) is 35.7. The van der Waals surface area contributed by atoms with Crippen LogP contribution in [-0.2, 0) is 0 Å². The molecular weight excluding hydrogens is 242 g/mol. The molecule has 1 nitrogen and oxygen atoms in total. The monoisotopic (exact) mass is 279 g/mol. The lowest BCUT2D eigenvalue weighted by atomic mass is 9.76. The van der Waals surface area contributed by atoms with Gasteiger partial charge in [0.25, 0.3) is 0 Å². The fourth-order valence-corrected chi connectivity index (χ4v) is 4.79. The first kappa shape index (κ1) is 16.3. The van der Waals surface area contributed by atoms with Gasteiger partial charge in [0.2, 0.25) is 0 Å². The minimum atomic E-state index is 0.812. The van der Waals surface area contributed by atoms with Crippen molar-refractivity contribution in [1.82, 2.24) is 5.32 Å². The Morgan fingerprint density at radius 3 is 2.35 bits per heavy atom. The molecular formula is C19H37N. The van der Waals surface area contributed by atoms with E-state index in [2.05, 4.69) is 33.0 Å². The largest absolute Gasteiger partial charge is 0.311 e. The highest BCUT2D eigenvalue weighted by atomic mass is 15.0. The van der Waals surface area contributed by atoms with Gasteiger partial charge < -0.3 is 5.32 Å². The number of hydrogen-bond acceptors (Lipinski definition) is 1. The summed E-state index contributed by atoms with van der Waals surface area (Å²) in [6.45, 7) is 9.61. The molecule has 20 heavy (non-hydrogen) atoms. The van der Waals surface area contributed by atoms with Crippen molar-refractivity contribution >= 4 is 0 Å². The Kier molecular flexibility index (Phi) is 6.39. The summed E-state index contributed by atoms with van der Waals surface area (Å²) in [5.41, 5.74) is 0. The molecule has 0 radical (unpaired) electrons. The molecule has 0 aromatic carbocycles. The summed E-state index contributed by atoms with van der Waals surface area (Å²) in [6, 6.07) is 1.63. The highest BCUT2D eigenvalue weighted by Gasteiger charge is 2.31. The van der Waals surface area contributed by atoms with Crippen LogP contribution >= 0.6 is 0 Å². The average Bonchev–Trinajstić information content (AvgIpc) is 2.38. The molecule has 1 heteroatoms. The maximum Gasteiger partial charge on any atom is 0.0100 e. The van der Waals surface area contributed by atoms with Crippen molar-refractivity contribution in [3.63, 3.8) is 0 Å². The van der Waals surface area contributed by atoms with Gasteiger partial charge in [-0.2, -0.15) is 0 Å². The van der Waals surface area contributed by atoms with Crippen LogP contribution in [0.4, 0.5) is 0 Å². The van der Waals surface area contributed by atoms with Crippen LogP contribution in [0.25, 0.3) is 0 Å². The third kappa shape index (κ3) is 4.76. The number of rotatable bonds is 5. The third-order valence-corrected chi connectivity index (χ3v) is 5.71. The SMILES string of the molecule is CC(C)CC1CCCC(NC2CCCCC2C(C)C)C1. The Bertz CT molecular complexity index is 271. The maximum atomic E-state index is 4.09. The average molecular weight is 280 g/mol. The van der Waals surface area contributed by atoms with Crippen LogP contribution in [0, 0.1) is 23.7 Å². The number of hydrogen-bond donors (Lipinski definition) is 1. The zero-order chi connectivity index (χ0) is 14.5. The van der Waals surface area contributed by atoms with Crippen LogP contribution in [0.2, 0.25) is 0 Å². The van der Waals surface area contributed by atoms with E-state index in [4.69, 9.17) is 0 Å². The molecule has 0 saturated heterocycles. The quantitative estimate of drug-likeness (QED) is 0.711. The van der Waals surface area contributed by atoms with Gasteiger partial charge in [0.05, 0.1) is 0 Å². The second-order valence-corrected chi connectivity index (χ2v) is 8.32. The minimum absolute atomic E-state index is 0.812. The summed E-state index contributed by atoms with van der Waals surface area (Å²) in [5, 5.41) is 4.09. The molecule has 1 N–H and O–H groups in total. The lowest BCUT2D eigenvalue weighted by Gasteiger charge is -2.40. The van der Waals surface area contributed by atoms with E-state index in [1.54, 1.807) is 0 Å². The molecule has 0 bridgehead atoms. The Morgan fingerprint density at radius 2 is 1.65 bits per heavy atom. The third-order valence-electron chi connectivity index (χ3n) is 5.71. The van der Waals surface area contributed by atoms with Gasteiger partial charge in [0.15, 0.2) is 0 Å². The predicted octanol–water partition coefficient (Wildman–Crippen LogP) is 5.40. The summed E-state index contributed by atoms with van der Waals surface area (Å²) < 4.78 is 0. The van der Waals surface area contributed by atoms with E-state index in [0.29, 0.717) is 0 Å². The first-order valence-electron chi connectivity index (χ1n) is 9.32. The van der Waals surface area contributed by atoms with Crippen LogP contribution in [0.3, 0.4) is 0 Å². The molecule has 2 aliphatic rings. The van der Waals surface area contributed by atoms with Gasteiger partial charge in [0.1, 0.15) is 0 Å². The molecule has 0 spiro atoms. The summed E-state index contributed by atoms with van der Waals surface area (Å²) in [6.07, 6.45) is 13.0. The van der Waals surface area contributed by atoms with Crippen molar-refractivity contribution in [1.29, 1.82) is 0 Å². The van der Waals surface area contributed by atoms with E-state index in [1.165, 1.54) is 57.8 Å². The molecule has 0 aromatic rings. The molecule has 0 aliphatic heterocycles. The topological polar surface area (TPSA) is 12.0 Å². The van der Waals surface area contributed by atoms with Crippen LogP contribution in [-0.4, -0.2) is 12.1 Å². The van der Waals surface area contributed by atoms with Crippen LogP contribution < -0.4 is 5.32 Å². The molecule has 2 fully saturated rings. The van der Waals surface area contributed by atoms with E-state index >= 15 is 0 Å². The van der Waals surface area contributed by atoms with Gasteiger partial charge in [0, 0.05) is 12.1 Å². The Morgan fingerprint density at radius 1 is 0.900 bits per heavy atom. The predicted molar refractivity (Wildman–Crippen MR) is 88.9 cm³/mol. The van der Waals surface area contributed by atoms with Gasteiger partial charge in [-0.1, -0.05) is 53.4 Å². The fraction of sp³-hybridized carbons (Fsp3) is 1.00. The summed E-state index contributed by atoms with van der Waals surface area (Å²) in [7, 11) is 0. The van der Waals surface area contributed by atoms with Crippen LogP contribution in [0.15, 0.2) is 0 Å². The number of nitrogens with one attached hydrogen (secondary N) is 1. The highest BCUT2D eigenvalue weighted by Crippen LogP contribution is 2.34. The fourth-order valence-electron chi connectivity index (χ4n) is 4.79. The zero-order valence-electron chi connectivity index (χ0n) is 14.3. The Hall–Kier alpha value is -0.0400. The molecule has 4 atom stereocenters. The van der Waals surface area contributed by atoms with E-state index in [1.807, 2.05) is 0 Å². The van der Waals surface area contributed by atoms with Crippen molar-refractivity contribution in [2.45, 2.75) is 97.6 Å². The van der Waals surface area contributed by atoms with Gasteiger partial charge in [-0.3, -0.25) is 0 Å². The van der Waals surface area contributed by atoms with Gasteiger partial charge >= 0.3 is 0 Å². The van der Waals surface area contributed by atoms with Crippen LogP contribution in [0.5, 0.6) is 0 Å². The molecule has 2 aliphatic carbocycles. The van der Waals surface area contributed by atoms with Crippen molar-refractivity contribution < 1.29 is 0 Å². The maximum absolute atomic E-state index is 4.09. The Labute approximate surface area is 127 Å². The summed E-state index contributed by atoms with van der Waals surface area (Å²) >= 11 is 0. The van der Waals surface area contributed by atoms with Gasteiger partial charge in [-0.25, -0.2) is 0 Å². The van der Waals surface area contributed by atoms with Crippen LogP contribution in [0.1, 0.15) is 85.5 Å². The zero-order valence-corrected chi connectivity index (χ0v) is 14.3. The van der Waals surface area contributed by atoms with E-state index < -0.39 is 0 Å². The first-order chi connectivity index (χ1) is 9.56. The summed E-state index contributed by atoms with van der Waals surface area (Å²) in [4.78, 5) is 0. The lowest BCUT2D eigenvalue weighted by molar-refractivity contribution is 0.163. The van der Waals surface area contributed by atoms with Crippen molar-refractivity contribution in [3.8, 4) is 0 Å². The molecule has 0 aromatic heterocycles. The van der Waals surface area contributed by atoms with E-state index in [0.717, 1.165) is 35.8 Å². The molecule has 0 amide bonds. The standard InChI is InChI=1S/C19H37N/c1-14(2)12-16-8-7-9-17(13-16)20-19-11-6-5-10-18(19)15(3)4/h14-20H,5-13H2,1-4H3. The second-order valence-electron chi connectivity index (χ2n) is 8.32. The van der Waals surface area contributed by atoms with E-state index in [9.17, 15) is 0 Å². The van der Waals surface area contributed by atoms with Crippen molar-refractivity contribution in [2.24, 2.45) is 23.7 Å². The second kappa shape index (κ2) is 7.82. The molecule has 4 unspecified atom stereocenters. The van der Waals surface area contributed by atoms with Crippen molar-refractivity contribution in [2.75, 3.05) is 0 Å². The molecule has 2 saturated carbocycles. The van der Waals surface area contributed by atoms with Gasteiger partial charge in [-0.05, 0) is 55.8 Å². The smallest absolute Gasteiger partial charge is 0.0100 e. The lowest BCUT2D eigenvalue weighted by Crippen LogP contribution is -2.47.